The summed E-state index contributed by atoms with van der Waals surface area (Å²) in [6.45, 7) is 2.30. The van der Waals surface area contributed by atoms with E-state index in [-0.39, 0.29) is 0 Å². The van der Waals surface area contributed by atoms with Gasteiger partial charge in [0.15, 0.2) is 0 Å². The summed E-state index contributed by atoms with van der Waals surface area (Å²) in [4.78, 5) is 0. The fourth-order valence-corrected chi connectivity index (χ4v) is 2.73. The highest BCUT2D eigenvalue weighted by atomic mass is 15.0. The molecule has 1 nitrogen and oxygen atoms in total. The molecule has 78 valence electrons. The normalized spacial score (nSPS) is 27.8. The largest absolute Gasteiger partial charge is 0.351 e. The molecule has 0 spiro atoms. The summed E-state index contributed by atoms with van der Waals surface area (Å²) in [5.41, 5.74) is 0. The van der Waals surface area contributed by atoms with Gasteiger partial charge in [-0.15, -0.1) is 0 Å². The maximum absolute atomic E-state index is 2.39. The average molecular weight is 191 g/mol. The highest BCUT2D eigenvalue weighted by molar-refractivity contribution is 4.94. The van der Waals surface area contributed by atoms with Gasteiger partial charge in [0, 0.05) is 18.4 Å². The zero-order valence-corrected chi connectivity index (χ0v) is 9.15. The SMILES string of the molecule is CCCC1CCC(n2cccc2)CC1. The third kappa shape index (κ3) is 2.20. The summed E-state index contributed by atoms with van der Waals surface area (Å²) in [6.07, 6.45) is 12.9. The maximum Gasteiger partial charge on any atom is 0.0330 e. The van der Waals surface area contributed by atoms with Crippen molar-refractivity contribution < 1.29 is 0 Å². The van der Waals surface area contributed by atoms with Gasteiger partial charge in [-0.2, -0.15) is 0 Å². The standard InChI is InChI=1S/C13H21N/c1-2-5-12-6-8-13(9-7-12)14-10-3-4-11-14/h3-4,10-13H,2,5-9H2,1H3. The van der Waals surface area contributed by atoms with E-state index in [9.17, 15) is 0 Å². The predicted molar refractivity (Wildman–Crippen MR) is 60.3 cm³/mol. The number of rotatable bonds is 3. The van der Waals surface area contributed by atoms with Crippen LogP contribution in [0.3, 0.4) is 0 Å². The van der Waals surface area contributed by atoms with E-state index in [4.69, 9.17) is 0 Å². The first-order chi connectivity index (χ1) is 6.90. The molecule has 0 saturated heterocycles. The molecule has 14 heavy (non-hydrogen) atoms. The van der Waals surface area contributed by atoms with Crippen molar-refractivity contribution in [2.24, 2.45) is 5.92 Å². The van der Waals surface area contributed by atoms with Crippen LogP contribution in [0.5, 0.6) is 0 Å². The molecular formula is C13H21N. The van der Waals surface area contributed by atoms with Crippen LogP contribution in [0, 0.1) is 5.92 Å². The summed E-state index contributed by atoms with van der Waals surface area (Å²) in [7, 11) is 0. The zero-order valence-electron chi connectivity index (χ0n) is 9.15. The fraction of sp³-hybridized carbons (Fsp3) is 0.692. The lowest BCUT2D eigenvalue weighted by molar-refractivity contribution is 0.263. The minimum Gasteiger partial charge on any atom is -0.351 e. The van der Waals surface area contributed by atoms with Gasteiger partial charge in [0.2, 0.25) is 0 Å². The van der Waals surface area contributed by atoms with Crippen molar-refractivity contribution in [3.8, 4) is 0 Å². The molecule has 0 aromatic carbocycles. The minimum atomic E-state index is 0.790. The minimum absolute atomic E-state index is 0.790. The van der Waals surface area contributed by atoms with E-state index in [1.165, 1.54) is 38.5 Å². The second kappa shape index (κ2) is 4.68. The topological polar surface area (TPSA) is 4.93 Å². The Bertz CT molecular complexity index is 242. The lowest BCUT2D eigenvalue weighted by atomic mass is 9.83. The summed E-state index contributed by atoms with van der Waals surface area (Å²) >= 11 is 0. The summed E-state index contributed by atoms with van der Waals surface area (Å²) in [5.74, 6) is 1.02. The van der Waals surface area contributed by atoms with E-state index in [0.29, 0.717) is 0 Å². The molecule has 0 unspecified atom stereocenters. The van der Waals surface area contributed by atoms with Crippen molar-refractivity contribution in [2.45, 2.75) is 51.5 Å². The Balaban J connectivity index is 1.84. The van der Waals surface area contributed by atoms with E-state index in [2.05, 4.69) is 36.0 Å². The molecular weight excluding hydrogens is 170 g/mol. The quantitative estimate of drug-likeness (QED) is 0.680. The van der Waals surface area contributed by atoms with E-state index < -0.39 is 0 Å². The van der Waals surface area contributed by atoms with Gasteiger partial charge in [-0.3, -0.25) is 0 Å². The zero-order chi connectivity index (χ0) is 9.80. The van der Waals surface area contributed by atoms with Crippen LogP contribution in [0.1, 0.15) is 51.5 Å². The first-order valence-electron chi connectivity index (χ1n) is 6.02. The molecule has 1 fully saturated rings. The van der Waals surface area contributed by atoms with Crippen LogP contribution in [0.2, 0.25) is 0 Å². The van der Waals surface area contributed by atoms with Gasteiger partial charge in [0.1, 0.15) is 0 Å². The van der Waals surface area contributed by atoms with Gasteiger partial charge >= 0.3 is 0 Å². The molecule has 1 heteroatoms. The van der Waals surface area contributed by atoms with E-state index in [1.807, 2.05) is 0 Å². The molecule has 0 N–H and O–H groups in total. The van der Waals surface area contributed by atoms with Gasteiger partial charge in [-0.25, -0.2) is 0 Å². The van der Waals surface area contributed by atoms with Gasteiger partial charge in [-0.05, 0) is 43.7 Å². The fourth-order valence-electron chi connectivity index (χ4n) is 2.73. The van der Waals surface area contributed by atoms with Gasteiger partial charge in [0.25, 0.3) is 0 Å². The number of hydrogen-bond acceptors (Lipinski definition) is 0. The van der Waals surface area contributed by atoms with Crippen molar-refractivity contribution in [2.75, 3.05) is 0 Å². The van der Waals surface area contributed by atoms with Crippen LogP contribution in [0.25, 0.3) is 0 Å². The average Bonchev–Trinajstić information content (AvgIpc) is 2.72. The molecule has 0 bridgehead atoms. The van der Waals surface area contributed by atoms with Crippen LogP contribution < -0.4 is 0 Å². The molecule has 0 radical (unpaired) electrons. The van der Waals surface area contributed by atoms with Gasteiger partial charge in [-0.1, -0.05) is 19.8 Å². The van der Waals surface area contributed by atoms with Crippen molar-refractivity contribution in [3.63, 3.8) is 0 Å². The van der Waals surface area contributed by atoms with E-state index in [1.54, 1.807) is 0 Å². The van der Waals surface area contributed by atoms with Crippen LogP contribution in [0.15, 0.2) is 24.5 Å². The molecule has 1 aliphatic rings. The highest BCUT2D eigenvalue weighted by Crippen LogP contribution is 2.34. The molecule has 0 amide bonds. The highest BCUT2D eigenvalue weighted by Gasteiger charge is 2.20. The molecule has 1 saturated carbocycles. The molecule has 1 aliphatic carbocycles. The Kier molecular flexibility index (Phi) is 3.28. The molecule has 1 aromatic rings. The summed E-state index contributed by atoms with van der Waals surface area (Å²) in [5, 5.41) is 0. The lowest BCUT2D eigenvalue weighted by Crippen LogP contribution is -2.17. The molecule has 0 aliphatic heterocycles. The molecule has 2 rings (SSSR count). The number of hydrogen-bond donors (Lipinski definition) is 0. The first kappa shape index (κ1) is 9.82. The Morgan fingerprint density at radius 3 is 2.29 bits per heavy atom. The van der Waals surface area contributed by atoms with Crippen LogP contribution in [-0.4, -0.2) is 4.57 Å². The Labute approximate surface area is 87.1 Å². The van der Waals surface area contributed by atoms with Crippen molar-refractivity contribution in [1.82, 2.24) is 4.57 Å². The van der Waals surface area contributed by atoms with E-state index in [0.717, 1.165) is 12.0 Å². The van der Waals surface area contributed by atoms with Crippen molar-refractivity contribution in [1.29, 1.82) is 0 Å². The van der Waals surface area contributed by atoms with Crippen molar-refractivity contribution in [3.05, 3.63) is 24.5 Å². The van der Waals surface area contributed by atoms with Crippen LogP contribution in [-0.2, 0) is 0 Å². The summed E-state index contributed by atoms with van der Waals surface area (Å²) in [6, 6.07) is 5.06. The number of aromatic nitrogens is 1. The Morgan fingerprint density at radius 2 is 1.71 bits per heavy atom. The molecule has 1 aromatic heterocycles. The van der Waals surface area contributed by atoms with Gasteiger partial charge < -0.3 is 4.57 Å². The lowest BCUT2D eigenvalue weighted by Gasteiger charge is -2.29. The monoisotopic (exact) mass is 191 g/mol. The third-order valence-corrected chi connectivity index (χ3v) is 3.56. The van der Waals surface area contributed by atoms with Crippen LogP contribution >= 0.6 is 0 Å². The van der Waals surface area contributed by atoms with Crippen molar-refractivity contribution >= 4 is 0 Å². The third-order valence-electron chi connectivity index (χ3n) is 3.56. The Morgan fingerprint density at radius 1 is 1.07 bits per heavy atom. The maximum atomic E-state index is 2.39. The van der Waals surface area contributed by atoms with Gasteiger partial charge in [0.05, 0.1) is 0 Å². The second-order valence-corrected chi connectivity index (χ2v) is 4.59. The smallest absolute Gasteiger partial charge is 0.0330 e. The molecule has 0 atom stereocenters. The summed E-state index contributed by atoms with van der Waals surface area (Å²) < 4.78 is 2.39. The first-order valence-corrected chi connectivity index (χ1v) is 6.02. The second-order valence-electron chi connectivity index (χ2n) is 4.59. The Hall–Kier alpha value is -0.720. The van der Waals surface area contributed by atoms with E-state index >= 15 is 0 Å². The number of nitrogens with zero attached hydrogens (tertiary/aromatic N) is 1. The molecule has 1 heterocycles. The predicted octanol–water partition coefficient (Wildman–Crippen LogP) is 4.02. The van der Waals surface area contributed by atoms with Crippen LogP contribution in [0.4, 0.5) is 0 Å².